The zero-order valence-corrected chi connectivity index (χ0v) is 25.1. The predicted molar refractivity (Wildman–Crippen MR) is 171 cm³/mol. The van der Waals surface area contributed by atoms with E-state index in [4.69, 9.17) is 29.9 Å². The van der Waals surface area contributed by atoms with Crippen molar-refractivity contribution in [1.29, 1.82) is 0 Å². The van der Waals surface area contributed by atoms with E-state index in [0.29, 0.717) is 28.4 Å². The van der Waals surface area contributed by atoms with E-state index in [1.807, 2.05) is 103 Å². The third kappa shape index (κ3) is 4.28. The van der Waals surface area contributed by atoms with Crippen molar-refractivity contribution in [3.63, 3.8) is 0 Å². The Morgan fingerprint density at radius 3 is 1.64 bits per heavy atom. The SMILES string of the molecule is CN=c1nc2c3ccccc3c(nc3nc(nc4[n-]c(nc(C)c5ccccc15)c1ccccc41)-c1ccccc1-3)n2C.[Cu+]. The second-order valence-electron chi connectivity index (χ2n) is 10.5. The van der Waals surface area contributed by atoms with E-state index < -0.39 is 0 Å². The molecule has 8 nitrogen and oxygen atoms in total. The molecule has 3 aromatic heterocycles. The maximum Gasteiger partial charge on any atom is 1.00 e. The molecule has 6 bridgehead atoms. The average Bonchev–Trinajstić information content (AvgIpc) is 3.66. The second-order valence-corrected chi connectivity index (χ2v) is 10.5. The van der Waals surface area contributed by atoms with Crippen LogP contribution in [-0.2, 0) is 24.1 Å². The van der Waals surface area contributed by atoms with Gasteiger partial charge >= 0.3 is 17.1 Å². The predicted octanol–water partition coefficient (Wildman–Crippen LogP) is 6.46. The van der Waals surface area contributed by atoms with Crippen LogP contribution in [0.1, 0.15) is 5.69 Å². The number of fused-ring (bicyclic) bond motifs is 16. The minimum atomic E-state index is 0. The fourth-order valence-electron chi connectivity index (χ4n) is 5.88. The van der Waals surface area contributed by atoms with E-state index in [9.17, 15) is 0 Å². The first-order valence-electron chi connectivity index (χ1n) is 14.1. The molecule has 0 spiro atoms. The van der Waals surface area contributed by atoms with Crippen LogP contribution in [0.15, 0.2) is 102 Å². The Morgan fingerprint density at radius 2 is 1.02 bits per heavy atom. The largest absolute Gasteiger partial charge is 1.00 e. The van der Waals surface area contributed by atoms with E-state index in [0.717, 1.165) is 60.4 Å². The number of aryl methyl sites for hydroxylation is 2. The molecule has 7 aromatic rings. The third-order valence-electron chi connectivity index (χ3n) is 7.96. The molecule has 216 valence electrons. The minimum absolute atomic E-state index is 0. The van der Waals surface area contributed by atoms with Gasteiger partial charge in [0.1, 0.15) is 11.3 Å². The van der Waals surface area contributed by atoms with Crippen LogP contribution >= 0.6 is 0 Å². The van der Waals surface area contributed by atoms with Gasteiger partial charge in [-0.25, -0.2) is 15.0 Å². The van der Waals surface area contributed by atoms with Gasteiger partial charge in [0.05, 0.1) is 5.82 Å². The number of aromatic nitrogens is 7. The minimum Gasteiger partial charge on any atom is -0.365 e. The first-order chi connectivity index (χ1) is 21.1. The molecule has 1 aliphatic rings. The Kier molecular flexibility index (Phi) is 6.77. The smallest absolute Gasteiger partial charge is 0.365 e. The van der Waals surface area contributed by atoms with Crippen LogP contribution in [0.5, 0.6) is 0 Å². The molecule has 0 fully saturated rings. The van der Waals surface area contributed by atoms with Gasteiger partial charge in [0.25, 0.3) is 0 Å². The fourth-order valence-corrected chi connectivity index (χ4v) is 5.88. The van der Waals surface area contributed by atoms with Crippen LogP contribution in [0, 0.1) is 6.92 Å². The maximum atomic E-state index is 5.15. The molecule has 0 atom stereocenters. The first-order valence-corrected chi connectivity index (χ1v) is 14.1. The number of nitrogens with zero attached hydrogens (tertiary/aromatic N) is 8. The summed E-state index contributed by atoms with van der Waals surface area (Å²) in [6.45, 7) is 1.99. The topological polar surface area (TPSA) is 95.8 Å². The van der Waals surface area contributed by atoms with Gasteiger partial charge < -0.3 is 19.5 Å². The Labute approximate surface area is 262 Å². The quantitative estimate of drug-likeness (QED) is 0.181. The normalized spacial score (nSPS) is 11.9. The van der Waals surface area contributed by atoms with Gasteiger partial charge in [-0.2, -0.15) is 0 Å². The number of rotatable bonds is 0. The molecule has 0 radical (unpaired) electrons. The van der Waals surface area contributed by atoms with Gasteiger partial charge in [0.15, 0.2) is 11.3 Å². The Morgan fingerprint density at radius 1 is 0.545 bits per heavy atom. The molecule has 8 rings (SSSR count). The van der Waals surface area contributed by atoms with Crippen molar-refractivity contribution < 1.29 is 17.1 Å². The van der Waals surface area contributed by atoms with Crippen molar-refractivity contribution in [3.8, 4) is 22.8 Å². The molecule has 0 N–H and O–H groups in total. The molecular formula is C35H25CuN8. The van der Waals surface area contributed by atoms with Crippen molar-refractivity contribution in [2.24, 2.45) is 12.0 Å². The summed E-state index contributed by atoms with van der Waals surface area (Å²) in [7, 11) is 3.75. The van der Waals surface area contributed by atoms with Crippen LogP contribution in [-0.4, -0.2) is 36.5 Å². The van der Waals surface area contributed by atoms with Crippen LogP contribution in [0.25, 0.3) is 77.7 Å². The van der Waals surface area contributed by atoms with Crippen LogP contribution in [0.4, 0.5) is 0 Å². The molecule has 0 amide bonds. The van der Waals surface area contributed by atoms with Gasteiger partial charge in [-0.1, -0.05) is 97.1 Å². The average molecular weight is 621 g/mol. The fraction of sp³-hybridized carbons (Fsp3) is 0.0857. The van der Waals surface area contributed by atoms with Crippen molar-refractivity contribution >= 4 is 54.9 Å². The summed E-state index contributed by atoms with van der Waals surface area (Å²) in [5.41, 5.74) is 5.93. The summed E-state index contributed by atoms with van der Waals surface area (Å²) in [4.78, 5) is 34.9. The van der Waals surface area contributed by atoms with E-state index >= 15 is 0 Å². The summed E-state index contributed by atoms with van der Waals surface area (Å²) in [5, 5.41) is 5.61. The Balaban J connectivity index is 0.00000312. The Bertz CT molecular complexity index is 2510. The van der Waals surface area contributed by atoms with Gasteiger partial charge in [-0.15, -0.1) is 0 Å². The molecule has 4 aromatic carbocycles. The van der Waals surface area contributed by atoms with Crippen molar-refractivity contribution in [2.75, 3.05) is 7.05 Å². The van der Waals surface area contributed by atoms with Gasteiger partial charge in [0.2, 0.25) is 0 Å². The number of benzene rings is 4. The molecule has 44 heavy (non-hydrogen) atoms. The summed E-state index contributed by atoms with van der Waals surface area (Å²) in [5.74, 6) is 1.17. The first kappa shape index (κ1) is 27.6. The zero-order valence-electron chi connectivity index (χ0n) is 24.1. The molecule has 9 heteroatoms. The zero-order chi connectivity index (χ0) is 29.1. The summed E-state index contributed by atoms with van der Waals surface area (Å²) in [6.07, 6.45) is 0. The molecule has 1 aliphatic heterocycles. The molecule has 0 saturated carbocycles. The molecule has 0 unspecified atom stereocenters. The van der Waals surface area contributed by atoms with E-state index in [1.165, 1.54) is 0 Å². The van der Waals surface area contributed by atoms with E-state index in [2.05, 4.69) is 17.1 Å². The van der Waals surface area contributed by atoms with E-state index in [1.54, 1.807) is 7.05 Å². The van der Waals surface area contributed by atoms with Crippen LogP contribution < -0.4 is 10.5 Å². The Hall–Kier alpha value is -5.24. The van der Waals surface area contributed by atoms with E-state index in [-0.39, 0.29) is 17.1 Å². The monoisotopic (exact) mass is 620 g/mol. The third-order valence-corrected chi connectivity index (χ3v) is 7.96. The molecule has 0 saturated heterocycles. The second kappa shape index (κ2) is 10.8. The van der Waals surface area contributed by atoms with Gasteiger partial charge in [0, 0.05) is 52.7 Å². The van der Waals surface area contributed by atoms with Crippen LogP contribution in [0.3, 0.4) is 0 Å². The summed E-state index contributed by atoms with van der Waals surface area (Å²) >= 11 is 0. The van der Waals surface area contributed by atoms with Gasteiger partial charge in [-0.05, 0) is 28.8 Å². The molecule has 0 aliphatic carbocycles. The van der Waals surface area contributed by atoms with Crippen molar-refractivity contribution in [1.82, 2.24) is 34.5 Å². The van der Waals surface area contributed by atoms with Gasteiger partial charge in [-0.3, -0.25) is 4.99 Å². The number of hydrogen-bond donors (Lipinski definition) is 0. The number of hydrogen-bond acceptors (Lipinski definition) is 6. The standard InChI is InChI=1S/C35H25N8.Cu/c1-20-21-12-4-5-13-22(21)29(36-2)41-34-27-18-10-11-19-28(27)35(43(34)3)42-33-26-17-9-8-16-25(26)32(40-33)39-31-24-15-7-6-14-23(24)30(37-20)38-31;/h4-19H,1-3H3;/q-1;+1. The summed E-state index contributed by atoms with van der Waals surface area (Å²) in [6, 6.07) is 32.3. The summed E-state index contributed by atoms with van der Waals surface area (Å²) < 4.78 is 2.01. The van der Waals surface area contributed by atoms with Crippen molar-refractivity contribution in [3.05, 3.63) is 108 Å². The van der Waals surface area contributed by atoms with Crippen LogP contribution in [0.2, 0.25) is 0 Å². The maximum absolute atomic E-state index is 5.15. The molecule has 4 heterocycles. The van der Waals surface area contributed by atoms with Crippen molar-refractivity contribution in [2.45, 2.75) is 6.92 Å². The molecular weight excluding hydrogens is 596 g/mol.